The van der Waals surface area contributed by atoms with Crippen molar-refractivity contribution in [1.82, 2.24) is 4.98 Å². The summed E-state index contributed by atoms with van der Waals surface area (Å²) in [6, 6.07) is 8.61. The molecule has 80 valence electrons. The van der Waals surface area contributed by atoms with E-state index in [2.05, 4.69) is 43.1 Å². The highest BCUT2D eigenvalue weighted by molar-refractivity contribution is 5.82. The first kappa shape index (κ1) is 11.7. The molecule has 0 N–H and O–H groups in total. The smallest absolute Gasteiger partial charge is 0.0346 e. The lowest BCUT2D eigenvalue weighted by Gasteiger charge is -2.05. The number of pyridine rings is 1. The van der Waals surface area contributed by atoms with E-state index < -0.39 is 0 Å². The van der Waals surface area contributed by atoms with Crippen LogP contribution in [0.15, 0.2) is 36.7 Å². The van der Waals surface area contributed by atoms with Crippen molar-refractivity contribution in [1.29, 1.82) is 0 Å². The van der Waals surface area contributed by atoms with Crippen molar-refractivity contribution in [2.24, 2.45) is 0 Å². The molecule has 0 spiro atoms. The van der Waals surface area contributed by atoms with Crippen LogP contribution in [0.2, 0.25) is 0 Å². The largest absolute Gasteiger partial charge is 0.264 e. The average Bonchev–Trinajstić information content (AvgIpc) is 2.31. The van der Waals surface area contributed by atoms with E-state index in [-0.39, 0.29) is 0 Å². The summed E-state index contributed by atoms with van der Waals surface area (Å²) in [5.74, 6) is 0.595. The lowest BCUT2D eigenvalue weighted by molar-refractivity contribution is 0.869. The number of hydrogen-bond donors (Lipinski definition) is 0. The summed E-state index contributed by atoms with van der Waals surface area (Å²) >= 11 is 0. The first-order valence-electron chi connectivity index (χ1n) is 5.61. The number of benzene rings is 1. The first-order valence-corrected chi connectivity index (χ1v) is 5.61. The maximum absolute atomic E-state index is 4.09. The number of rotatable bonds is 1. The van der Waals surface area contributed by atoms with Gasteiger partial charge in [-0.1, -0.05) is 45.9 Å². The number of fused-ring (bicyclic) bond motifs is 1. The molecule has 0 unspecified atom stereocenters. The van der Waals surface area contributed by atoms with Crippen LogP contribution in [-0.2, 0) is 0 Å². The van der Waals surface area contributed by atoms with Gasteiger partial charge in [0.15, 0.2) is 0 Å². The molecule has 0 aliphatic heterocycles. The van der Waals surface area contributed by atoms with Crippen molar-refractivity contribution in [2.45, 2.75) is 33.6 Å². The molecule has 0 radical (unpaired) electrons. The Morgan fingerprint density at radius 2 is 1.73 bits per heavy atom. The van der Waals surface area contributed by atoms with Crippen LogP contribution in [0.4, 0.5) is 0 Å². The van der Waals surface area contributed by atoms with Crippen molar-refractivity contribution in [3.05, 3.63) is 42.2 Å². The minimum absolute atomic E-state index is 0.595. The zero-order chi connectivity index (χ0) is 11.3. The van der Waals surface area contributed by atoms with E-state index in [0.29, 0.717) is 5.92 Å². The summed E-state index contributed by atoms with van der Waals surface area (Å²) in [4.78, 5) is 4.09. The predicted octanol–water partition coefficient (Wildman–Crippen LogP) is 4.38. The zero-order valence-electron chi connectivity index (χ0n) is 9.99. The third-order valence-corrected chi connectivity index (χ3v) is 2.33. The van der Waals surface area contributed by atoms with Crippen molar-refractivity contribution in [3.8, 4) is 0 Å². The highest BCUT2D eigenvalue weighted by Crippen LogP contribution is 2.20. The molecule has 1 heteroatoms. The van der Waals surface area contributed by atoms with Gasteiger partial charge in [0, 0.05) is 17.8 Å². The molecule has 1 heterocycles. The molecule has 1 nitrogen and oxygen atoms in total. The highest BCUT2D eigenvalue weighted by Gasteiger charge is 1.99. The molecule has 0 amide bonds. The summed E-state index contributed by atoms with van der Waals surface area (Å²) in [5.41, 5.74) is 1.39. The second-order valence-electron chi connectivity index (χ2n) is 3.64. The summed E-state index contributed by atoms with van der Waals surface area (Å²) in [5, 5.41) is 2.49. The average molecular weight is 201 g/mol. The molecule has 0 saturated heterocycles. The van der Waals surface area contributed by atoms with Gasteiger partial charge in [0.25, 0.3) is 0 Å². The highest BCUT2D eigenvalue weighted by atomic mass is 14.6. The fourth-order valence-electron chi connectivity index (χ4n) is 1.46. The lowest BCUT2D eigenvalue weighted by Crippen LogP contribution is -1.86. The molecule has 1 aromatic heterocycles. The predicted molar refractivity (Wildman–Crippen MR) is 67.2 cm³/mol. The molecule has 0 fully saturated rings. The fraction of sp³-hybridized carbons (Fsp3) is 0.357. The Balaban J connectivity index is 0.000000531. The quantitative estimate of drug-likeness (QED) is 0.667. The minimum atomic E-state index is 0.595. The van der Waals surface area contributed by atoms with Gasteiger partial charge in [-0.25, -0.2) is 0 Å². The van der Waals surface area contributed by atoms with E-state index in [0.717, 1.165) is 0 Å². The molecule has 0 aliphatic rings. The monoisotopic (exact) mass is 201 g/mol. The Labute approximate surface area is 92.2 Å². The van der Waals surface area contributed by atoms with E-state index in [1.165, 1.54) is 16.3 Å². The first-order chi connectivity index (χ1) is 7.27. The zero-order valence-corrected chi connectivity index (χ0v) is 9.99. The number of nitrogens with zero attached hydrogens (tertiary/aromatic N) is 1. The van der Waals surface area contributed by atoms with Crippen LogP contribution in [0.1, 0.15) is 39.2 Å². The maximum Gasteiger partial charge on any atom is 0.0346 e. The Hall–Kier alpha value is -1.37. The summed E-state index contributed by atoms with van der Waals surface area (Å²) in [6.45, 7) is 8.42. The maximum atomic E-state index is 4.09. The second-order valence-corrected chi connectivity index (χ2v) is 3.64. The molecule has 0 bridgehead atoms. The Morgan fingerprint density at radius 1 is 1.00 bits per heavy atom. The molecule has 15 heavy (non-hydrogen) atoms. The van der Waals surface area contributed by atoms with Crippen molar-refractivity contribution in [3.63, 3.8) is 0 Å². The standard InChI is InChI=1S/C12H13N.C2H6/c1-9(2)10-3-4-12-8-13-6-5-11(12)7-10;1-2/h3-9H,1-2H3;1-2H3. The molecular weight excluding hydrogens is 182 g/mol. The van der Waals surface area contributed by atoms with Crippen LogP contribution in [0.5, 0.6) is 0 Å². The molecule has 0 aliphatic carbocycles. The van der Waals surface area contributed by atoms with Crippen LogP contribution >= 0.6 is 0 Å². The van der Waals surface area contributed by atoms with Gasteiger partial charge in [-0.05, 0) is 22.9 Å². The van der Waals surface area contributed by atoms with Gasteiger partial charge >= 0.3 is 0 Å². The molecule has 0 saturated carbocycles. The van der Waals surface area contributed by atoms with Crippen molar-refractivity contribution < 1.29 is 0 Å². The Bertz CT molecular complexity index is 418. The third-order valence-electron chi connectivity index (χ3n) is 2.33. The van der Waals surface area contributed by atoms with Crippen LogP contribution in [0.3, 0.4) is 0 Å². The number of aromatic nitrogens is 1. The molecule has 2 aromatic rings. The molecular formula is C14H19N. The van der Waals surface area contributed by atoms with Gasteiger partial charge < -0.3 is 0 Å². The van der Waals surface area contributed by atoms with Gasteiger partial charge in [0.05, 0.1) is 0 Å². The summed E-state index contributed by atoms with van der Waals surface area (Å²) in [7, 11) is 0. The van der Waals surface area contributed by atoms with Gasteiger partial charge in [-0.3, -0.25) is 4.98 Å². The molecule has 2 rings (SSSR count). The molecule has 1 aromatic carbocycles. The summed E-state index contributed by atoms with van der Waals surface area (Å²) in [6.07, 6.45) is 3.74. The molecule has 0 atom stereocenters. The van der Waals surface area contributed by atoms with Gasteiger partial charge in [-0.2, -0.15) is 0 Å². The number of hydrogen-bond acceptors (Lipinski definition) is 1. The fourth-order valence-corrected chi connectivity index (χ4v) is 1.46. The van der Waals surface area contributed by atoms with E-state index in [1.807, 2.05) is 26.2 Å². The topological polar surface area (TPSA) is 12.9 Å². The van der Waals surface area contributed by atoms with E-state index in [9.17, 15) is 0 Å². The van der Waals surface area contributed by atoms with Crippen LogP contribution in [0.25, 0.3) is 10.8 Å². The van der Waals surface area contributed by atoms with E-state index >= 15 is 0 Å². The summed E-state index contributed by atoms with van der Waals surface area (Å²) < 4.78 is 0. The Kier molecular flexibility index (Phi) is 4.29. The van der Waals surface area contributed by atoms with Crippen LogP contribution in [0, 0.1) is 0 Å². The third kappa shape index (κ3) is 2.79. The minimum Gasteiger partial charge on any atom is -0.264 e. The van der Waals surface area contributed by atoms with E-state index in [1.54, 1.807) is 0 Å². The second kappa shape index (κ2) is 5.50. The van der Waals surface area contributed by atoms with Gasteiger partial charge in [-0.15, -0.1) is 0 Å². The van der Waals surface area contributed by atoms with Crippen LogP contribution < -0.4 is 0 Å². The van der Waals surface area contributed by atoms with Gasteiger partial charge in [0.2, 0.25) is 0 Å². The van der Waals surface area contributed by atoms with Crippen molar-refractivity contribution >= 4 is 10.8 Å². The van der Waals surface area contributed by atoms with Gasteiger partial charge in [0.1, 0.15) is 0 Å². The lowest BCUT2D eigenvalue weighted by atomic mass is 10.0. The normalized spacial score (nSPS) is 9.93. The van der Waals surface area contributed by atoms with Crippen molar-refractivity contribution in [2.75, 3.05) is 0 Å². The van der Waals surface area contributed by atoms with Crippen LogP contribution in [-0.4, -0.2) is 4.98 Å². The SMILES string of the molecule is CC.CC(C)c1ccc2cnccc2c1. The van der Waals surface area contributed by atoms with E-state index in [4.69, 9.17) is 0 Å². The Morgan fingerprint density at radius 3 is 2.40 bits per heavy atom.